The molecule has 0 heterocycles. The number of isocyanates is 2. The van der Waals surface area contributed by atoms with E-state index in [1.807, 2.05) is 27.7 Å². The number of nitrogens with one attached hydrogen (secondary N) is 2. The Morgan fingerprint density at radius 3 is 0.688 bits per heavy atom. The van der Waals surface area contributed by atoms with Crippen molar-refractivity contribution in [2.24, 2.45) is 0 Å². The largest absolute Gasteiger partial charge is 0.231 e. The molecule has 0 aliphatic heterocycles. The summed E-state index contributed by atoms with van der Waals surface area (Å²) in [7, 11) is 0. The lowest BCUT2D eigenvalue weighted by Gasteiger charge is -1.48. The summed E-state index contributed by atoms with van der Waals surface area (Å²) in [6.07, 6.45) is 4.00. The van der Waals surface area contributed by atoms with Crippen molar-refractivity contribution in [1.82, 2.24) is 0 Å². The molecule has 0 saturated heterocycles. The summed E-state index contributed by atoms with van der Waals surface area (Å²) >= 11 is 0. The van der Waals surface area contributed by atoms with Crippen molar-refractivity contribution in [2.45, 2.75) is 68.2 Å². The van der Waals surface area contributed by atoms with Gasteiger partial charge in [-0.15, -0.1) is 0 Å². The SMILES string of the molecule is CC.CC.CCC.CCC.N=C=O.N=C=O. The Morgan fingerprint density at radius 2 is 0.688 bits per heavy atom. The van der Waals surface area contributed by atoms with Crippen LogP contribution in [0.2, 0.25) is 0 Å². The van der Waals surface area contributed by atoms with Gasteiger partial charge in [0.2, 0.25) is 12.2 Å². The minimum Gasteiger partial charge on any atom is -0.222 e. The van der Waals surface area contributed by atoms with Gasteiger partial charge >= 0.3 is 0 Å². The second kappa shape index (κ2) is 294. The fourth-order valence-corrected chi connectivity index (χ4v) is 0. The average molecular weight is 234 g/mol. The fraction of sp³-hybridized carbons (Fsp3) is 0.833. The van der Waals surface area contributed by atoms with Gasteiger partial charge in [0, 0.05) is 0 Å². The van der Waals surface area contributed by atoms with Gasteiger partial charge in [0.15, 0.2) is 0 Å². The third kappa shape index (κ3) is 1150. The second-order valence-corrected chi connectivity index (χ2v) is 1.62. The molecular formula is C12H30N2O2. The molecule has 0 amide bonds. The van der Waals surface area contributed by atoms with Gasteiger partial charge in [-0.25, -0.2) is 20.4 Å². The molecular weight excluding hydrogens is 204 g/mol. The van der Waals surface area contributed by atoms with E-state index >= 15 is 0 Å². The van der Waals surface area contributed by atoms with Gasteiger partial charge in [0.1, 0.15) is 0 Å². The number of rotatable bonds is 0. The summed E-state index contributed by atoms with van der Waals surface area (Å²) < 4.78 is 0. The molecule has 0 radical (unpaired) electrons. The predicted molar refractivity (Wildman–Crippen MR) is 71.5 cm³/mol. The van der Waals surface area contributed by atoms with Crippen molar-refractivity contribution >= 4 is 12.2 Å². The highest BCUT2D eigenvalue weighted by Gasteiger charge is 1.36. The zero-order valence-electron chi connectivity index (χ0n) is 12.2. The van der Waals surface area contributed by atoms with E-state index in [-0.39, 0.29) is 0 Å². The smallest absolute Gasteiger partial charge is 0.222 e. The van der Waals surface area contributed by atoms with E-state index in [2.05, 4.69) is 27.7 Å². The van der Waals surface area contributed by atoms with Crippen LogP contribution in [0.25, 0.3) is 0 Å². The van der Waals surface area contributed by atoms with Crippen LogP contribution in [0, 0.1) is 10.8 Å². The van der Waals surface area contributed by atoms with Gasteiger partial charge in [-0.1, -0.05) is 68.2 Å². The van der Waals surface area contributed by atoms with Gasteiger partial charge in [-0.3, -0.25) is 0 Å². The van der Waals surface area contributed by atoms with E-state index in [1.54, 1.807) is 0 Å². The van der Waals surface area contributed by atoms with E-state index in [4.69, 9.17) is 20.4 Å². The van der Waals surface area contributed by atoms with Gasteiger partial charge < -0.3 is 0 Å². The van der Waals surface area contributed by atoms with Gasteiger partial charge in [-0.2, -0.15) is 0 Å². The maximum atomic E-state index is 8.35. The van der Waals surface area contributed by atoms with E-state index in [9.17, 15) is 0 Å². The Hall–Kier alpha value is -1.24. The summed E-state index contributed by atoms with van der Waals surface area (Å²) in [5.74, 6) is 0. The molecule has 4 nitrogen and oxygen atoms in total. The lowest BCUT2D eigenvalue weighted by molar-refractivity contribution is 0.562. The quantitative estimate of drug-likeness (QED) is 0.471. The molecule has 4 heteroatoms. The molecule has 0 aromatic rings. The minimum absolute atomic E-state index is 0.750. The van der Waals surface area contributed by atoms with Crippen LogP contribution in [-0.2, 0) is 9.59 Å². The molecule has 0 spiro atoms. The standard InChI is InChI=1S/2C3H8.2C2H6.2CHNO/c2*1-3-2;2*1-2;2*2-1-3/h2*3H2,1-2H3;2*1-2H3;2*2H. The molecule has 0 atom stereocenters. The third-order valence-electron chi connectivity index (χ3n) is 0. The Labute approximate surface area is 101 Å². The Bertz CT molecular complexity index is 89.6. The third-order valence-corrected chi connectivity index (χ3v) is 0. The van der Waals surface area contributed by atoms with Crippen LogP contribution in [-0.4, -0.2) is 12.2 Å². The average Bonchev–Trinajstić information content (AvgIpc) is 2.27. The van der Waals surface area contributed by atoms with Gasteiger partial charge in [0.05, 0.1) is 0 Å². The summed E-state index contributed by atoms with van der Waals surface area (Å²) in [4.78, 5) is 16.7. The highest BCUT2D eigenvalue weighted by atomic mass is 16.1. The van der Waals surface area contributed by atoms with Crippen LogP contribution < -0.4 is 0 Å². The lowest BCUT2D eigenvalue weighted by Crippen LogP contribution is -1.27. The lowest BCUT2D eigenvalue weighted by atomic mass is 10.6. The number of carbonyl (C=O) groups excluding carboxylic acids is 2. The van der Waals surface area contributed by atoms with Crippen molar-refractivity contribution in [3.8, 4) is 0 Å². The first-order valence-electron chi connectivity index (χ1n) is 5.74. The van der Waals surface area contributed by atoms with Crippen LogP contribution in [0.15, 0.2) is 0 Å². The molecule has 0 fully saturated rings. The first kappa shape index (κ1) is 36.4. The van der Waals surface area contributed by atoms with Crippen molar-refractivity contribution in [1.29, 1.82) is 10.8 Å². The summed E-state index contributed by atoms with van der Waals surface area (Å²) in [5.41, 5.74) is 0. The molecule has 16 heavy (non-hydrogen) atoms. The van der Waals surface area contributed by atoms with Crippen molar-refractivity contribution in [3.05, 3.63) is 0 Å². The summed E-state index contributed by atoms with van der Waals surface area (Å²) in [5, 5.41) is 10.8. The number of hydrogen-bond donors (Lipinski definition) is 2. The van der Waals surface area contributed by atoms with E-state index in [0.717, 1.165) is 12.2 Å². The molecule has 0 aliphatic rings. The molecule has 0 aliphatic carbocycles. The van der Waals surface area contributed by atoms with E-state index in [0.29, 0.717) is 0 Å². The van der Waals surface area contributed by atoms with Crippen molar-refractivity contribution in [3.63, 3.8) is 0 Å². The van der Waals surface area contributed by atoms with Crippen molar-refractivity contribution < 1.29 is 9.59 Å². The van der Waals surface area contributed by atoms with Gasteiger partial charge in [-0.05, 0) is 0 Å². The monoisotopic (exact) mass is 234 g/mol. The minimum atomic E-state index is 0.750. The summed E-state index contributed by atoms with van der Waals surface area (Å²) in [6, 6.07) is 0. The molecule has 0 aromatic heterocycles. The highest BCUT2D eigenvalue weighted by molar-refractivity contribution is 5.26. The normalized spacial score (nSPS) is 4.00. The Balaban J connectivity index is -0.0000000190. The van der Waals surface area contributed by atoms with E-state index in [1.165, 1.54) is 12.8 Å². The fourth-order valence-electron chi connectivity index (χ4n) is 0. The molecule has 0 bridgehead atoms. The molecule has 0 aromatic carbocycles. The van der Waals surface area contributed by atoms with Crippen LogP contribution in [0.3, 0.4) is 0 Å². The first-order valence-corrected chi connectivity index (χ1v) is 5.74. The maximum absolute atomic E-state index is 8.35. The van der Waals surface area contributed by atoms with Crippen molar-refractivity contribution in [2.75, 3.05) is 0 Å². The topological polar surface area (TPSA) is 81.8 Å². The zero-order valence-corrected chi connectivity index (χ0v) is 12.2. The Morgan fingerprint density at radius 1 is 0.688 bits per heavy atom. The molecule has 100 valence electrons. The zero-order chi connectivity index (χ0) is 14.8. The number of hydrogen-bond acceptors (Lipinski definition) is 4. The van der Waals surface area contributed by atoms with Crippen LogP contribution in [0.1, 0.15) is 68.2 Å². The second-order valence-electron chi connectivity index (χ2n) is 1.62. The molecule has 0 saturated carbocycles. The maximum Gasteiger partial charge on any atom is 0.231 e. The summed E-state index contributed by atoms with van der Waals surface area (Å²) in [6.45, 7) is 16.5. The highest BCUT2D eigenvalue weighted by Crippen LogP contribution is 1.56. The van der Waals surface area contributed by atoms with Crippen LogP contribution >= 0.6 is 0 Å². The Kier molecular flexibility index (Phi) is 669. The predicted octanol–water partition coefficient (Wildman–Crippen LogP) is 4.69. The molecule has 2 N–H and O–H groups in total. The first-order chi connectivity index (χ1) is 7.66. The van der Waals surface area contributed by atoms with E-state index < -0.39 is 0 Å². The van der Waals surface area contributed by atoms with Crippen LogP contribution in [0.4, 0.5) is 0 Å². The molecule has 0 unspecified atom stereocenters. The van der Waals surface area contributed by atoms with Crippen LogP contribution in [0.5, 0.6) is 0 Å². The van der Waals surface area contributed by atoms with Gasteiger partial charge in [0.25, 0.3) is 0 Å². The molecule has 0 rings (SSSR count).